The summed E-state index contributed by atoms with van der Waals surface area (Å²) < 4.78 is 16.2. The third-order valence-electron chi connectivity index (χ3n) is 3.26. The zero-order valence-corrected chi connectivity index (χ0v) is 15.5. The highest BCUT2D eigenvalue weighted by atomic mass is 32.1. The lowest BCUT2D eigenvalue weighted by atomic mass is 10.2. The van der Waals surface area contributed by atoms with Crippen LogP contribution in [0.5, 0.6) is 17.4 Å². The molecule has 6 nitrogen and oxygen atoms in total. The van der Waals surface area contributed by atoms with Gasteiger partial charge in [0.2, 0.25) is 5.88 Å². The van der Waals surface area contributed by atoms with Gasteiger partial charge in [-0.15, -0.1) is 0 Å². The molecular formula is C18H23N3O3S. The first-order valence-corrected chi connectivity index (χ1v) is 8.50. The predicted molar refractivity (Wildman–Crippen MR) is 103 cm³/mol. The molecule has 2 rings (SSSR count). The molecule has 1 heterocycles. The Bertz CT molecular complexity index is 692. The number of benzene rings is 1. The van der Waals surface area contributed by atoms with Crippen LogP contribution >= 0.6 is 12.2 Å². The molecular weight excluding hydrogens is 338 g/mol. The van der Waals surface area contributed by atoms with E-state index in [1.54, 1.807) is 19.4 Å². The van der Waals surface area contributed by atoms with Gasteiger partial charge in [-0.25, -0.2) is 4.98 Å². The summed E-state index contributed by atoms with van der Waals surface area (Å²) in [5.74, 6) is 2.04. The molecule has 0 fully saturated rings. The molecule has 2 aromatic rings. The number of ether oxygens (including phenoxy) is 3. The normalized spacial score (nSPS) is 10.0. The summed E-state index contributed by atoms with van der Waals surface area (Å²) in [6.07, 6.45) is 1.66. The quantitative estimate of drug-likeness (QED) is 0.699. The van der Waals surface area contributed by atoms with Gasteiger partial charge in [0.25, 0.3) is 0 Å². The minimum absolute atomic E-state index is 0.513. The summed E-state index contributed by atoms with van der Waals surface area (Å²) >= 11 is 5.31. The summed E-state index contributed by atoms with van der Waals surface area (Å²) in [5.41, 5.74) is 1.84. The number of nitrogens with zero attached hydrogens (tertiary/aromatic N) is 1. The van der Waals surface area contributed by atoms with Crippen molar-refractivity contribution < 1.29 is 14.2 Å². The topological polar surface area (TPSA) is 64.6 Å². The first-order chi connectivity index (χ1) is 12.2. The molecule has 25 heavy (non-hydrogen) atoms. The number of hydrogen-bond acceptors (Lipinski definition) is 5. The van der Waals surface area contributed by atoms with Crippen molar-refractivity contribution in [1.82, 2.24) is 10.3 Å². The lowest BCUT2D eigenvalue weighted by Gasteiger charge is -2.14. The average Bonchev–Trinajstić information content (AvgIpc) is 2.63. The second-order valence-electron chi connectivity index (χ2n) is 5.04. The molecule has 0 aliphatic carbocycles. The Labute approximate surface area is 153 Å². The van der Waals surface area contributed by atoms with E-state index in [9.17, 15) is 0 Å². The summed E-state index contributed by atoms with van der Waals surface area (Å²) in [6, 6.07) is 9.47. The minimum atomic E-state index is 0.513. The van der Waals surface area contributed by atoms with Crippen molar-refractivity contribution >= 4 is 23.0 Å². The number of thiocarbonyl (C=S) groups is 1. The smallest absolute Gasteiger partial charge is 0.213 e. The van der Waals surface area contributed by atoms with Crippen LogP contribution in [0.2, 0.25) is 0 Å². The molecule has 0 aliphatic rings. The molecule has 0 saturated carbocycles. The van der Waals surface area contributed by atoms with Gasteiger partial charge in [-0.05, 0) is 49.8 Å². The minimum Gasteiger partial charge on any atom is -0.490 e. The van der Waals surface area contributed by atoms with Gasteiger partial charge in [0.05, 0.1) is 32.2 Å². The molecule has 0 amide bonds. The van der Waals surface area contributed by atoms with Gasteiger partial charge >= 0.3 is 0 Å². The van der Waals surface area contributed by atoms with E-state index in [1.165, 1.54) is 0 Å². The van der Waals surface area contributed by atoms with Crippen molar-refractivity contribution in [2.75, 3.05) is 25.6 Å². The van der Waals surface area contributed by atoms with Crippen molar-refractivity contribution in [3.63, 3.8) is 0 Å². The molecule has 2 N–H and O–H groups in total. The van der Waals surface area contributed by atoms with Crippen LogP contribution < -0.4 is 24.8 Å². The number of methoxy groups -OCH3 is 1. The third kappa shape index (κ3) is 5.79. The fourth-order valence-corrected chi connectivity index (χ4v) is 2.33. The summed E-state index contributed by atoms with van der Waals surface area (Å²) in [6.45, 7) is 5.65. The molecule has 0 spiro atoms. The van der Waals surface area contributed by atoms with E-state index in [1.807, 2.05) is 38.1 Å². The lowest BCUT2D eigenvalue weighted by molar-refractivity contribution is 0.287. The first kappa shape index (κ1) is 18.8. The van der Waals surface area contributed by atoms with Gasteiger partial charge in [0.15, 0.2) is 16.6 Å². The fourth-order valence-electron chi connectivity index (χ4n) is 2.14. The number of rotatable bonds is 8. The Morgan fingerprint density at radius 3 is 2.48 bits per heavy atom. The van der Waals surface area contributed by atoms with Crippen LogP contribution in [0.1, 0.15) is 19.4 Å². The van der Waals surface area contributed by atoms with Crippen LogP contribution in [0.4, 0.5) is 5.69 Å². The van der Waals surface area contributed by atoms with E-state index < -0.39 is 0 Å². The van der Waals surface area contributed by atoms with Crippen molar-refractivity contribution in [3.8, 4) is 17.4 Å². The van der Waals surface area contributed by atoms with Crippen molar-refractivity contribution in [3.05, 3.63) is 42.1 Å². The Morgan fingerprint density at radius 2 is 1.84 bits per heavy atom. The van der Waals surface area contributed by atoms with E-state index in [0.29, 0.717) is 30.8 Å². The van der Waals surface area contributed by atoms with Crippen LogP contribution in [0.25, 0.3) is 0 Å². The van der Waals surface area contributed by atoms with Crippen LogP contribution in [-0.2, 0) is 6.54 Å². The van der Waals surface area contributed by atoms with E-state index in [2.05, 4.69) is 15.6 Å². The Kier molecular flexibility index (Phi) is 7.28. The molecule has 0 bridgehead atoms. The van der Waals surface area contributed by atoms with Crippen LogP contribution in [-0.4, -0.2) is 30.4 Å². The van der Waals surface area contributed by atoms with Gasteiger partial charge in [0.1, 0.15) is 0 Å². The highest BCUT2D eigenvalue weighted by Gasteiger charge is 2.07. The molecule has 7 heteroatoms. The standard InChI is InChI=1S/C18H23N3O3S/c1-4-23-15-8-6-13(10-16(15)24-5-2)11-20-18(25)21-14-7-9-17(22-3)19-12-14/h6-10,12H,4-5,11H2,1-3H3,(H2,20,21,25). The molecule has 0 aliphatic heterocycles. The van der Waals surface area contributed by atoms with E-state index in [0.717, 1.165) is 22.7 Å². The second kappa shape index (κ2) is 9.68. The van der Waals surface area contributed by atoms with Gasteiger partial charge in [-0.1, -0.05) is 6.07 Å². The molecule has 0 unspecified atom stereocenters. The summed E-state index contributed by atoms with van der Waals surface area (Å²) in [5, 5.41) is 6.76. The van der Waals surface area contributed by atoms with E-state index in [-0.39, 0.29) is 0 Å². The number of anilines is 1. The molecule has 134 valence electrons. The summed E-state index contributed by atoms with van der Waals surface area (Å²) in [7, 11) is 1.58. The number of pyridine rings is 1. The molecule has 1 aromatic heterocycles. The maximum atomic E-state index is 5.63. The number of hydrogen-bond donors (Lipinski definition) is 2. The average molecular weight is 361 g/mol. The number of nitrogens with one attached hydrogen (secondary N) is 2. The molecule has 0 saturated heterocycles. The second-order valence-corrected chi connectivity index (χ2v) is 5.45. The largest absolute Gasteiger partial charge is 0.490 e. The maximum Gasteiger partial charge on any atom is 0.213 e. The number of aromatic nitrogens is 1. The fraction of sp³-hybridized carbons (Fsp3) is 0.333. The van der Waals surface area contributed by atoms with Crippen LogP contribution in [0.15, 0.2) is 36.5 Å². The van der Waals surface area contributed by atoms with E-state index in [4.69, 9.17) is 26.4 Å². The first-order valence-electron chi connectivity index (χ1n) is 8.09. The highest BCUT2D eigenvalue weighted by Crippen LogP contribution is 2.28. The van der Waals surface area contributed by atoms with Gasteiger partial charge in [0, 0.05) is 12.6 Å². The zero-order chi connectivity index (χ0) is 18.1. The monoisotopic (exact) mass is 361 g/mol. The molecule has 0 atom stereocenters. The molecule has 0 radical (unpaired) electrons. The van der Waals surface area contributed by atoms with Gasteiger partial charge in [-0.2, -0.15) is 0 Å². The maximum absolute atomic E-state index is 5.63. The highest BCUT2D eigenvalue weighted by molar-refractivity contribution is 7.80. The predicted octanol–water partition coefficient (Wildman–Crippen LogP) is 3.37. The Balaban J connectivity index is 1.92. The SMILES string of the molecule is CCOc1ccc(CNC(=S)Nc2ccc(OC)nc2)cc1OCC. The van der Waals surface area contributed by atoms with Crippen molar-refractivity contribution in [2.24, 2.45) is 0 Å². The van der Waals surface area contributed by atoms with Gasteiger partial charge < -0.3 is 24.8 Å². The van der Waals surface area contributed by atoms with Crippen LogP contribution in [0, 0.1) is 0 Å². The Morgan fingerprint density at radius 1 is 1.08 bits per heavy atom. The van der Waals surface area contributed by atoms with Crippen molar-refractivity contribution in [1.29, 1.82) is 0 Å². The van der Waals surface area contributed by atoms with E-state index >= 15 is 0 Å². The lowest BCUT2D eigenvalue weighted by Crippen LogP contribution is -2.27. The third-order valence-corrected chi connectivity index (χ3v) is 3.51. The summed E-state index contributed by atoms with van der Waals surface area (Å²) in [4.78, 5) is 4.13. The Hall–Kier alpha value is -2.54. The van der Waals surface area contributed by atoms with Crippen molar-refractivity contribution in [2.45, 2.75) is 20.4 Å². The van der Waals surface area contributed by atoms with Crippen LogP contribution in [0.3, 0.4) is 0 Å². The molecule has 1 aromatic carbocycles. The zero-order valence-electron chi connectivity index (χ0n) is 14.7. The van der Waals surface area contributed by atoms with Gasteiger partial charge in [-0.3, -0.25) is 0 Å².